The SMILES string of the molecule is Cc1ccc(-c2ccc([C@@H]3[C@H](c4ccccn4)NC(=S)N3c3ccc(N4C[C@H](C)C[C@H](C)C4)c(Cl)c3)o2)cc1Cl. The highest BCUT2D eigenvalue weighted by Gasteiger charge is 2.43. The first-order valence-corrected chi connectivity index (χ1v) is 14.9. The van der Waals surface area contributed by atoms with E-state index in [0.29, 0.717) is 22.0 Å². The minimum absolute atomic E-state index is 0.212. The molecule has 2 aliphatic rings. The normalized spacial score (nSPS) is 23.0. The van der Waals surface area contributed by atoms with E-state index < -0.39 is 0 Å². The number of nitrogens with zero attached hydrogens (tertiary/aromatic N) is 3. The van der Waals surface area contributed by atoms with Crippen LogP contribution in [0.15, 0.2) is 77.3 Å². The van der Waals surface area contributed by atoms with Crippen molar-refractivity contribution in [3.05, 3.63) is 100.0 Å². The van der Waals surface area contributed by atoms with E-state index in [1.54, 1.807) is 6.20 Å². The van der Waals surface area contributed by atoms with E-state index in [1.807, 2.05) is 61.5 Å². The summed E-state index contributed by atoms with van der Waals surface area (Å²) in [5.74, 6) is 2.79. The van der Waals surface area contributed by atoms with E-state index in [2.05, 4.69) is 46.1 Å². The van der Waals surface area contributed by atoms with E-state index in [9.17, 15) is 0 Å². The zero-order valence-electron chi connectivity index (χ0n) is 22.8. The highest BCUT2D eigenvalue weighted by molar-refractivity contribution is 7.80. The number of halogens is 2. The zero-order chi connectivity index (χ0) is 28.0. The van der Waals surface area contributed by atoms with Gasteiger partial charge in [-0.25, -0.2) is 0 Å². The van der Waals surface area contributed by atoms with Crippen LogP contribution < -0.4 is 15.1 Å². The summed E-state index contributed by atoms with van der Waals surface area (Å²) >= 11 is 19.3. The molecule has 0 spiro atoms. The van der Waals surface area contributed by atoms with Gasteiger partial charge in [0.2, 0.25) is 0 Å². The van der Waals surface area contributed by atoms with Gasteiger partial charge in [-0.2, -0.15) is 0 Å². The fourth-order valence-electron chi connectivity index (χ4n) is 6.10. The Hall–Kier alpha value is -3.06. The largest absolute Gasteiger partial charge is 0.459 e. The van der Waals surface area contributed by atoms with Gasteiger partial charge >= 0.3 is 0 Å². The molecule has 40 heavy (non-hydrogen) atoms. The van der Waals surface area contributed by atoms with E-state index >= 15 is 0 Å². The second kappa shape index (κ2) is 11.1. The Morgan fingerprint density at radius 1 is 0.950 bits per heavy atom. The molecule has 2 aromatic heterocycles. The smallest absolute Gasteiger partial charge is 0.174 e. The molecule has 0 unspecified atom stereocenters. The molecule has 6 rings (SSSR count). The topological polar surface area (TPSA) is 44.5 Å². The first-order valence-electron chi connectivity index (χ1n) is 13.7. The lowest BCUT2D eigenvalue weighted by Crippen LogP contribution is -2.38. The Labute approximate surface area is 251 Å². The number of pyridine rings is 1. The van der Waals surface area contributed by atoms with Crippen molar-refractivity contribution in [2.45, 2.75) is 39.3 Å². The number of piperidine rings is 1. The summed E-state index contributed by atoms with van der Waals surface area (Å²) < 4.78 is 6.50. The van der Waals surface area contributed by atoms with Crippen LogP contribution in [-0.2, 0) is 0 Å². The van der Waals surface area contributed by atoms with Gasteiger partial charge in [0.05, 0.1) is 22.4 Å². The molecule has 2 fully saturated rings. The monoisotopic (exact) mass is 590 g/mol. The van der Waals surface area contributed by atoms with E-state index in [4.69, 9.17) is 39.8 Å². The minimum atomic E-state index is -0.269. The zero-order valence-corrected chi connectivity index (χ0v) is 25.1. The molecule has 0 saturated carbocycles. The Morgan fingerprint density at radius 2 is 1.75 bits per heavy atom. The highest BCUT2D eigenvalue weighted by atomic mass is 35.5. The van der Waals surface area contributed by atoms with Crippen LogP contribution in [0.2, 0.25) is 10.0 Å². The maximum Gasteiger partial charge on any atom is 0.174 e. The van der Waals surface area contributed by atoms with Crippen molar-refractivity contribution in [3.63, 3.8) is 0 Å². The third-order valence-electron chi connectivity index (χ3n) is 7.89. The van der Waals surface area contributed by atoms with Gasteiger partial charge in [-0.15, -0.1) is 0 Å². The Kier molecular flexibility index (Phi) is 7.51. The van der Waals surface area contributed by atoms with Gasteiger partial charge in [0.25, 0.3) is 0 Å². The molecule has 0 aliphatic carbocycles. The molecular formula is C32H32Cl2N4OS. The van der Waals surface area contributed by atoms with Crippen molar-refractivity contribution in [2.75, 3.05) is 22.9 Å². The number of thiocarbonyl (C=S) groups is 1. The van der Waals surface area contributed by atoms with Crippen LogP contribution in [0.25, 0.3) is 11.3 Å². The molecule has 0 bridgehead atoms. The molecule has 0 amide bonds. The van der Waals surface area contributed by atoms with Gasteiger partial charge in [-0.3, -0.25) is 4.98 Å². The number of furan rings is 1. The Morgan fingerprint density at radius 3 is 2.45 bits per heavy atom. The summed E-state index contributed by atoms with van der Waals surface area (Å²) in [6.07, 6.45) is 3.05. The van der Waals surface area contributed by atoms with Gasteiger partial charge in [-0.05, 0) is 91.5 Å². The Bertz CT molecular complexity index is 1530. The number of benzene rings is 2. The molecule has 206 valence electrons. The lowest BCUT2D eigenvalue weighted by atomic mass is 9.91. The van der Waals surface area contributed by atoms with Crippen LogP contribution in [0, 0.1) is 18.8 Å². The molecule has 2 aliphatic heterocycles. The molecular weight excluding hydrogens is 559 g/mol. The quantitative estimate of drug-likeness (QED) is 0.235. The predicted octanol–water partition coefficient (Wildman–Crippen LogP) is 8.62. The van der Waals surface area contributed by atoms with Crippen molar-refractivity contribution in [3.8, 4) is 11.3 Å². The van der Waals surface area contributed by atoms with Crippen LogP contribution in [0.4, 0.5) is 11.4 Å². The lowest BCUT2D eigenvalue weighted by Gasteiger charge is -2.37. The van der Waals surface area contributed by atoms with Gasteiger partial charge < -0.3 is 19.5 Å². The number of aryl methyl sites for hydroxylation is 1. The first-order chi connectivity index (χ1) is 19.3. The molecule has 0 radical (unpaired) electrons. The number of hydrogen-bond donors (Lipinski definition) is 1. The Balaban J connectivity index is 1.38. The van der Waals surface area contributed by atoms with Crippen molar-refractivity contribution in [1.29, 1.82) is 0 Å². The summed E-state index contributed by atoms with van der Waals surface area (Å²) in [5, 5.41) is 5.53. The van der Waals surface area contributed by atoms with Crippen molar-refractivity contribution in [2.24, 2.45) is 11.8 Å². The summed E-state index contributed by atoms with van der Waals surface area (Å²) in [6.45, 7) is 8.63. The van der Waals surface area contributed by atoms with Crippen molar-refractivity contribution < 1.29 is 4.42 Å². The standard InChI is InChI=1S/C32H32Cl2N4OS/c1-19-14-20(2)18-37(17-19)27-10-9-23(16-25(27)34)38-31(30(36-32(38)40)26-6-4-5-13-35-26)29-12-11-28(39-29)22-8-7-21(3)24(33)15-22/h4-13,15-16,19-20,30-31H,14,17-18H2,1-3H3,(H,36,40)/t19-,20+,30-,31+/m0/s1. The number of aromatic nitrogens is 1. The summed E-state index contributed by atoms with van der Waals surface area (Å²) in [7, 11) is 0. The highest BCUT2D eigenvalue weighted by Crippen LogP contribution is 2.44. The first kappa shape index (κ1) is 27.1. The fourth-order valence-corrected chi connectivity index (χ4v) is 6.92. The van der Waals surface area contributed by atoms with Crippen LogP contribution in [-0.4, -0.2) is 23.2 Å². The summed E-state index contributed by atoms with van der Waals surface area (Å²) in [6, 6.07) is 21.6. The van der Waals surface area contributed by atoms with Crippen molar-refractivity contribution in [1.82, 2.24) is 10.3 Å². The van der Waals surface area contributed by atoms with Crippen molar-refractivity contribution >= 4 is 51.9 Å². The van der Waals surface area contributed by atoms with E-state index in [-0.39, 0.29) is 12.1 Å². The maximum atomic E-state index is 6.96. The number of nitrogens with one attached hydrogen (secondary N) is 1. The van der Waals surface area contributed by atoms with Gasteiger partial charge in [0.15, 0.2) is 5.11 Å². The third kappa shape index (κ3) is 5.20. The molecule has 4 atom stereocenters. The van der Waals surface area contributed by atoms with Crippen LogP contribution in [0.1, 0.15) is 49.4 Å². The molecule has 8 heteroatoms. The second-order valence-electron chi connectivity index (χ2n) is 11.1. The summed E-state index contributed by atoms with van der Waals surface area (Å²) in [5.41, 5.74) is 4.81. The number of rotatable bonds is 5. The molecule has 4 aromatic rings. The van der Waals surface area contributed by atoms with Gasteiger partial charge in [0.1, 0.15) is 17.6 Å². The number of hydrogen-bond acceptors (Lipinski definition) is 4. The van der Waals surface area contributed by atoms with Crippen LogP contribution in [0.3, 0.4) is 0 Å². The second-order valence-corrected chi connectivity index (χ2v) is 12.4. The summed E-state index contributed by atoms with van der Waals surface area (Å²) in [4.78, 5) is 9.15. The fraction of sp³-hybridized carbons (Fsp3) is 0.312. The van der Waals surface area contributed by atoms with Crippen LogP contribution in [0.5, 0.6) is 0 Å². The van der Waals surface area contributed by atoms with E-state index in [0.717, 1.165) is 57.8 Å². The average Bonchev–Trinajstić information content (AvgIpc) is 3.55. The molecule has 5 nitrogen and oxygen atoms in total. The minimum Gasteiger partial charge on any atom is -0.459 e. The third-order valence-corrected chi connectivity index (χ3v) is 8.92. The predicted molar refractivity (Wildman–Crippen MR) is 168 cm³/mol. The molecule has 4 heterocycles. The van der Waals surface area contributed by atoms with Gasteiger partial charge in [0, 0.05) is 35.6 Å². The maximum absolute atomic E-state index is 6.96. The molecule has 1 N–H and O–H groups in total. The molecule has 2 aromatic carbocycles. The lowest BCUT2D eigenvalue weighted by molar-refractivity contribution is 0.357. The average molecular weight is 592 g/mol. The molecule has 2 saturated heterocycles. The van der Waals surface area contributed by atoms with Crippen LogP contribution >= 0.6 is 35.4 Å². The van der Waals surface area contributed by atoms with Gasteiger partial charge in [-0.1, -0.05) is 55.2 Å². The number of anilines is 2. The van der Waals surface area contributed by atoms with E-state index in [1.165, 1.54) is 6.42 Å².